The molecule has 1 aliphatic heterocycles. The first kappa shape index (κ1) is 8.56. The van der Waals surface area contributed by atoms with E-state index in [1.54, 1.807) is 0 Å². The van der Waals surface area contributed by atoms with Gasteiger partial charge in [0.15, 0.2) is 0 Å². The minimum Gasteiger partial charge on any atom is -0.439 e. The van der Waals surface area contributed by atoms with Crippen LogP contribution < -0.4 is 5.32 Å². The van der Waals surface area contributed by atoms with Crippen LogP contribution >= 0.6 is 15.9 Å². The van der Waals surface area contributed by atoms with Crippen LogP contribution in [0.2, 0.25) is 0 Å². The van der Waals surface area contributed by atoms with Crippen molar-refractivity contribution in [2.75, 3.05) is 6.54 Å². The van der Waals surface area contributed by atoms with Gasteiger partial charge in [-0.05, 0) is 17.7 Å². The van der Waals surface area contributed by atoms with E-state index in [1.165, 1.54) is 0 Å². The van der Waals surface area contributed by atoms with E-state index in [-0.39, 0.29) is 12.2 Å². The number of benzene rings is 1. The van der Waals surface area contributed by atoms with Gasteiger partial charge in [0.1, 0.15) is 6.10 Å². The van der Waals surface area contributed by atoms with Gasteiger partial charge in [0.25, 0.3) is 0 Å². The van der Waals surface area contributed by atoms with Crippen molar-refractivity contribution in [1.82, 2.24) is 5.32 Å². The fourth-order valence-corrected chi connectivity index (χ4v) is 1.52. The van der Waals surface area contributed by atoms with Gasteiger partial charge in [-0.3, -0.25) is 0 Å². The highest BCUT2D eigenvalue weighted by Crippen LogP contribution is 2.22. The van der Waals surface area contributed by atoms with Crippen molar-refractivity contribution in [3.05, 3.63) is 34.3 Å². The Morgan fingerprint density at radius 2 is 2.08 bits per heavy atom. The molecule has 0 bridgehead atoms. The fraction of sp³-hybridized carbons (Fsp3) is 0.222. The molecule has 1 aromatic carbocycles. The van der Waals surface area contributed by atoms with Gasteiger partial charge in [0.05, 0.1) is 6.54 Å². The van der Waals surface area contributed by atoms with Crippen molar-refractivity contribution < 1.29 is 9.53 Å². The first-order valence-corrected chi connectivity index (χ1v) is 4.75. The summed E-state index contributed by atoms with van der Waals surface area (Å²) < 4.78 is 6.04. The zero-order chi connectivity index (χ0) is 9.26. The van der Waals surface area contributed by atoms with Gasteiger partial charge in [-0.15, -0.1) is 0 Å². The second kappa shape index (κ2) is 3.38. The van der Waals surface area contributed by atoms with Gasteiger partial charge in [-0.1, -0.05) is 28.1 Å². The second-order valence-electron chi connectivity index (χ2n) is 2.83. The third-order valence-electron chi connectivity index (χ3n) is 1.92. The summed E-state index contributed by atoms with van der Waals surface area (Å²) in [7, 11) is 0. The Bertz CT molecular complexity index is 323. The Morgan fingerprint density at radius 1 is 1.38 bits per heavy atom. The van der Waals surface area contributed by atoms with E-state index in [4.69, 9.17) is 4.74 Å². The lowest BCUT2D eigenvalue weighted by Crippen LogP contribution is -2.12. The van der Waals surface area contributed by atoms with Crippen molar-refractivity contribution >= 4 is 22.0 Å². The molecule has 0 radical (unpaired) electrons. The molecular weight excluding hydrogens is 234 g/mol. The molecule has 0 spiro atoms. The second-order valence-corrected chi connectivity index (χ2v) is 3.74. The van der Waals surface area contributed by atoms with Crippen LogP contribution in [0.25, 0.3) is 0 Å². The Morgan fingerprint density at radius 3 is 2.62 bits per heavy atom. The third-order valence-corrected chi connectivity index (χ3v) is 2.45. The molecule has 2 rings (SSSR count). The minimum atomic E-state index is -0.340. The summed E-state index contributed by atoms with van der Waals surface area (Å²) in [5, 5.41) is 2.61. The van der Waals surface area contributed by atoms with Crippen LogP contribution in [0.15, 0.2) is 28.7 Å². The van der Waals surface area contributed by atoms with Crippen LogP contribution in [-0.4, -0.2) is 12.6 Å². The monoisotopic (exact) mass is 241 g/mol. The number of hydrogen-bond donors (Lipinski definition) is 1. The average molecular weight is 242 g/mol. The third kappa shape index (κ3) is 1.83. The predicted molar refractivity (Wildman–Crippen MR) is 51.4 cm³/mol. The van der Waals surface area contributed by atoms with Gasteiger partial charge in [-0.25, -0.2) is 4.79 Å². The number of nitrogens with one attached hydrogen (secondary N) is 1. The standard InChI is InChI=1S/C9H8BrNO2/c10-7-3-1-6(2-4-7)8-5-11-9(12)13-8/h1-4,8H,5H2,(H,11,12)/t8-/m1/s1. The lowest BCUT2D eigenvalue weighted by molar-refractivity contribution is 0.141. The van der Waals surface area contributed by atoms with Crippen LogP contribution in [0.5, 0.6) is 0 Å². The Hall–Kier alpha value is -1.03. The van der Waals surface area contributed by atoms with Crippen LogP contribution in [0, 0.1) is 0 Å². The molecule has 1 heterocycles. The number of carbonyl (C=O) groups excluding carboxylic acids is 1. The van der Waals surface area contributed by atoms with Crippen molar-refractivity contribution in [2.45, 2.75) is 6.10 Å². The molecule has 0 aromatic heterocycles. The summed E-state index contributed by atoms with van der Waals surface area (Å²) >= 11 is 3.34. The predicted octanol–water partition coefficient (Wildman–Crippen LogP) is 2.23. The lowest BCUT2D eigenvalue weighted by atomic mass is 10.1. The van der Waals surface area contributed by atoms with Crippen LogP contribution in [0.1, 0.15) is 11.7 Å². The maximum Gasteiger partial charge on any atom is 0.407 e. The van der Waals surface area contributed by atoms with E-state index in [2.05, 4.69) is 21.2 Å². The molecule has 3 nitrogen and oxygen atoms in total. The van der Waals surface area contributed by atoms with E-state index >= 15 is 0 Å². The van der Waals surface area contributed by atoms with E-state index in [0.29, 0.717) is 6.54 Å². The first-order valence-electron chi connectivity index (χ1n) is 3.95. The van der Waals surface area contributed by atoms with Gasteiger partial charge in [-0.2, -0.15) is 0 Å². The average Bonchev–Trinajstić information content (AvgIpc) is 2.53. The summed E-state index contributed by atoms with van der Waals surface area (Å²) in [5.74, 6) is 0. The van der Waals surface area contributed by atoms with Crippen LogP contribution in [-0.2, 0) is 4.74 Å². The molecule has 1 aliphatic rings. The lowest BCUT2D eigenvalue weighted by Gasteiger charge is -2.06. The Balaban J connectivity index is 2.17. The molecular formula is C9H8BrNO2. The largest absolute Gasteiger partial charge is 0.439 e. The number of ether oxygens (including phenoxy) is 1. The molecule has 1 atom stereocenters. The molecule has 13 heavy (non-hydrogen) atoms. The molecule has 0 saturated carbocycles. The molecule has 1 amide bonds. The van der Waals surface area contributed by atoms with Crippen LogP contribution in [0.4, 0.5) is 4.79 Å². The summed E-state index contributed by atoms with van der Waals surface area (Å²) in [6.07, 6.45) is -0.478. The van der Waals surface area contributed by atoms with Gasteiger partial charge < -0.3 is 10.1 Å². The molecule has 1 N–H and O–H groups in total. The number of amides is 1. The van der Waals surface area contributed by atoms with Crippen molar-refractivity contribution in [3.63, 3.8) is 0 Å². The topological polar surface area (TPSA) is 38.3 Å². The van der Waals surface area contributed by atoms with Crippen molar-refractivity contribution in [3.8, 4) is 0 Å². The van der Waals surface area contributed by atoms with Gasteiger partial charge in [0, 0.05) is 4.47 Å². The molecule has 4 heteroatoms. The van der Waals surface area contributed by atoms with E-state index in [9.17, 15) is 4.79 Å². The number of halogens is 1. The molecule has 1 aromatic rings. The van der Waals surface area contributed by atoms with E-state index in [0.717, 1.165) is 10.0 Å². The SMILES string of the molecule is O=C1NC[C@H](c2ccc(Br)cc2)O1. The van der Waals surface area contributed by atoms with Gasteiger partial charge >= 0.3 is 6.09 Å². The van der Waals surface area contributed by atoms with E-state index in [1.807, 2.05) is 24.3 Å². The molecule has 0 unspecified atom stereocenters. The van der Waals surface area contributed by atoms with Crippen molar-refractivity contribution in [2.24, 2.45) is 0 Å². The van der Waals surface area contributed by atoms with Crippen molar-refractivity contribution in [1.29, 1.82) is 0 Å². The summed E-state index contributed by atoms with van der Waals surface area (Å²) in [4.78, 5) is 10.8. The molecule has 0 aliphatic carbocycles. The molecule has 68 valence electrons. The quantitative estimate of drug-likeness (QED) is 0.819. The smallest absolute Gasteiger partial charge is 0.407 e. The fourth-order valence-electron chi connectivity index (χ4n) is 1.25. The number of carbonyl (C=O) groups is 1. The summed E-state index contributed by atoms with van der Waals surface area (Å²) in [6, 6.07) is 7.74. The van der Waals surface area contributed by atoms with Gasteiger partial charge in [0.2, 0.25) is 0 Å². The number of alkyl carbamates (subject to hydrolysis) is 1. The minimum absolute atomic E-state index is 0.138. The maximum atomic E-state index is 10.8. The zero-order valence-electron chi connectivity index (χ0n) is 6.79. The maximum absolute atomic E-state index is 10.8. The first-order chi connectivity index (χ1) is 6.25. The highest BCUT2D eigenvalue weighted by molar-refractivity contribution is 9.10. The van der Waals surface area contributed by atoms with Crippen LogP contribution in [0.3, 0.4) is 0 Å². The van der Waals surface area contributed by atoms with E-state index < -0.39 is 0 Å². The number of hydrogen-bond acceptors (Lipinski definition) is 2. The molecule has 1 fully saturated rings. The number of cyclic esters (lactones) is 1. The Kier molecular flexibility index (Phi) is 2.22. The summed E-state index contributed by atoms with van der Waals surface area (Å²) in [6.45, 7) is 0.556. The normalized spacial score (nSPS) is 21.0. The number of rotatable bonds is 1. The zero-order valence-corrected chi connectivity index (χ0v) is 8.37. The molecule has 1 saturated heterocycles. The summed E-state index contributed by atoms with van der Waals surface area (Å²) in [5.41, 5.74) is 1.02. The highest BCUT2D eigenvalue weighted by Gasteiger charge is 2.23. The highest BCUT2D eigenvalue weighted by atomic mass is 79.9. The Labute approximate surface area is 84.2 Å².